The molecule has 3 aliphatic rings. The van der Waals surface area contributed by atoms with Crippen molar-refractivity contribution in [2.24, 2.45) is 0 Å². The first kappa shape index (κ1) is 17.0. The summed E-state index contributed by atoms with van der Waals surface area (Å²) in [5, 5.41) is 10.5. The fourth-order valence-corrected chi connectivity index (χ4v) is 5.04. The van der Waals surface area contributed by atoms with Crippen LogP contribution < -0.4 is 9.62 Å². The summed E-state index contributed by atoms with van der Waals surface area (Å²) in [4.78, 5) is 14.0. The van der Waals surface area contributed by atoms with Crippen LogP contribution in [0.15, 0.2) is 17.0 Å². The SMILES string of the molecule is O=C1CCc2cc(S(=O)(=O)NCC3(O)CCOCC3)cc3c2N1CC3. The van der Waals surface area contributed by atoms with Crippen LogP contribution in [0, 0.1) is 0 Å². The summed E-state index contributed by atoms with van der Waals surface area (Å²) < 4.78 is 33.2. The van der Waals surface area contributed by atoms with Crippen molar-refractivity contribution in [3.8, 4) is 0 Å². The van der Waals surface area contributed by atoms with Crippen molar-refractivity contribution >= 4 is 21.6 Å². The molecule has 3 heterocycles. The van der Waals surface area contributed by atoms with E-state index in [9.17, 15) is 18.3 Å². The minimum Gasteiger partial charge on any atom is -0.388 e. The fraction of sp³-hybridized carbons (Fsp3) is 0.588. The van der Waals surface area contributed by atoms with Gasteiger partial charge in [-0.25, -0.2) is 13.1 Å². The highest BCUT2D eigenvalue weighted by Gasteiger charge is 2.34. The van der Waals surface area contributed by atoms with Gasteiger partial charge < -0.3 is 14.7 Å². The van der Waals surface area contributed by atoms with Crippen LogP contribution in [0.1, 0.15) is 30.4 Å². The van der Waals surface area contributed by atoms with E-state index in [0.29, 0.717) is 51.9 Å². The third-order valence-corrected chi connectivity index (χ3v) is 6.73. The van der Waals surface area contributed by atoms with E-state index in [-0.39, 0.29) is 17.3 Å². The molecule has 4 rings (SSSR count). The number of hydrogen-bond donors (Lipinski definition) is 2. The first-order valence-electron chi connectivity index (χ1n) is 8.64. The summed E-state index contributed by atoms with van der Waals surface area (Å²) in [7, 11) is -3.71. The van der Waals surface area contributed by atoms with Crippen LogP contribution in [0.5, 0.6) is 0 Å². The molecule has 1 aromatic rings. The van der Waals surface area contributed by atoms with Gasteiger partial charge in [0.25, 0.3) is 0 Å². The second kappa shape index (κ2) is 6.05. The van der Waals surface area contributed by atoms with Gasteiger partial charge in [0, 0.05) is 45.6 Å². The second-order valence-corrected chi connectivity index (χ2v) is 8.81. The Kier molecular flexibility index (Phi) is 4.10. The number of amides is 1. The molecule has 1 amide bonds. The number of carbonyl (C=O) groups is 1. The Bertz CT molecular complexity index is 815. The highest BCUT2D eigenvalue weighted by molar-refractivity contribution is 7.89. The van der Waals surface area contributed by atoms with Crippen LogP contribution in [-0.4, -0.2) is 51.3 Å². The number of benzene rings is 1. The smallest absolute Gasteiger partial charge is 0.240 e. The number of nitrogens with one attached hydrogen (secondary N) is 1. The van der Waals surface area contributed by atoms with Gasteiger partial charge in [-0.05, 0) is 36.1 Å². The van der Waals surface area contributed by atoms with E-state index < -0.39 is 15.6 Å². The van der Waals surface area contributed by atoms with Crippen LogP contribution in [0.25, 0.3) is 0 Å². The zero-order valence-electron chi connectivity index (χ0n) is 14.0. The molecule has 0 aliphatic carbocycles. The van der Waals surface area contributed by atoms with Crippen molar-refractivity contribution in [1.82, 2.24) is 4.72 Å². The van der Waals surface area contributed by atoms with Crippen LogP contribution in [0.2, 0.25) is 0 Å². The Morgan fingerprint density at radius 3 is 2.56 bits per heavy atom. The Balaban J connectivity index is 1.58. The summed E-state index contributed by atoms with van der Waals surface area (Å²) >= 11 is 0. The minimum atomic E-state index is -3.71. The molecule has 1 fully saturated rings. The highest BCUT2D eigenvalue weighted by Crippen LogP contribution is 2.38. The van der Waals surface area contributed by atoms with E-state index in [4.69, 9.17) is 4.74 Å². The van der Waals surface area contributed by atoms with E-state index >= 15 is 0 Å². The fourth-order valence-electron chi connectivity index (χ4n) is 3.82. The molecule has 3 aliphatic heterocycles. The summed E-state index contributed by atoms with van der Waals surface area (Å²) in [6, 6.07) is 3.33. The standard InChI is InChI=1S/C17H22N2O5S/c20-15-2-1-12-9-14(10-13-3-6-19(15)16(12)13)25(22,23)18-11-17(21)4-7-24-8-5-17/h9-10,18,21H,1-8,11H2. The van der Waals surface area contributed by atoms with Gasteiger partial charge in [0.05, 0.1) is 16.2 Å². The average Bonchev–Trinajstić information content (AvgIpc) is 3.03. The molecule has 0 saturated carbocycles. The van der Waals surface area contributed by atoms with Crippen LogP contribution in [0.4, 0.5) is 5.69 Å². The Morgan fingerprint density at radius 1 is 1.16 bits per heavy atom. The Hall–Kier alpha value is -1.48. The Labute approximate surface area is 147 Å². The van der Waals surface area contributed by atoms with E-state index in [1.54, 1.807) is 17.0 Å². The molecule has 0 spiro atoms. The molecule has 25 heavy (non-hydrogen) atoms. The third kappa shape index (κ3) is 3.08. The van der Waals surface area contributed by atoms with Gasteiger partial charge in [0.1, 0.15) is 0 Å². The lowest BCUT2D eigenvalue weighted by Gasteiger charge is -2.32. The van der Waals surface area contributed by atoms with Crippen molar-refractivity contribution in [3.05, 3.63) is 23.3 Å². The van der Waals surface area contributed by atoms with Gasteiger partial charge in [0.2, 0.25) is 15.9 Å². The molecule has 0 unspecified atom stereocenters. The van der Waals surface area contributed by atoms with E-state index in [0.717, 1.165) is 16.8 Å². The monoisotopic (exact) mass is 366 g/mol. The summed E-state index contributed by atoms with van der Waals surface area (Å²) in [5.74, 6) is 0.113. The van der Waals surface area contributed by atoms with Gasteiger partial charge in [-0.1, -0.05) is 0 Å². The molecule has 0 aromatic heterocycles. The van der Waals surface area contributed by atoms with Crippen molar-refractivity contribution < 1.29 is 23.1 Å². The lowest BCUT2D eigenvalue weighted by Crippen LogP contribution is -2.46. The van der Waals surface area contributed by atoms with Gasteiger partial charge >= 0.3 is 0 Å². The molecule has 0 radical (unpaired) electrons. The number of hydrogen-bond acceptors (Lipinski definition) is 5. The molecule has 0 bridgehead atoms. The quantitative estimate of drug-likeness (QED) is 0.801. The van der Waals surface area contributed by atoms with Gasteiger partial charge in [-0.15, -0.1) is 0 Å². The number of sulfonamides is 1. The first-order valence-corrected chi connectivity index (χ1v) is 10.1. The number of nitrogens with zero attached hydrogens (tertiary/aromatic N) is 1. The number of aryl methyl sites for hydroxylation is 1. The molecule has 2 N–H and O–H groups in total. The lowest BCUT2D eigenvalue weighted by molar-refractivity contribution is -0.118. The second-order valence-electron chi connectivity index (χ2n) is 7.05. The number of aliphatic hydroxyl groups is 1. The molecule has 0 atom stereocenters. The minimum absolute atomic E-state index is 0.0181. The van der Waals surface area contributed by atoms with E-state index in [1.807, 2.05) is 0 Å². The normalized spacial score (nSPS) is 22.1. The summed E-state index contributed by atoms with van der Waals surface area (Å²) in [6.07, 6.45) is 2.51. The largest absolute Gasteiger partial charge is 0.388 e. The topological polar surface area (TPSA) is 95.9 Å². The number of anilines is 1. The molecule has 7 nitrogen and oxygen atoms in total. The van der Waals surface area contributed by atoms with Crippen LogP contribution >= 0.6 is 0 Å². The molecule has 1 aromatic carbocycles. The van der Waals surface area contributed by atoms with Crippen molar-refractivity contribution in [3.63, 3.8) is 0 Å². The van der Waals surface area contributed by atoms with Crippen molar-refractivity contribution in [2.75, 3.05) is 31.2 Å². The van der Waals surface area contributed by atoms with Crippen LogP contribution in [0.3, 0.4) is 0 Å². The zero-order chi connectivity index (χ0) is 17.7. The number of carbonyl (C=O) groups excluding carboxylic acids is 1. The van der Waals surface area contributed by atoms with Gasteiger partial charge in [0.15, 0.2) is 0 Å². The maximum atomic E-state index is 12.7. The first-order chi connectivity index (χ1) is 11.9. The predicted octanol–water partition coefficient (Wildman–Crippen LogP) is 0.342. The predicted molar refractivity (Wildman–Crippen MR) is 91.0 cm³/mol. The van der Waals surface area contributed by atoms with Gasteiger partial charge in [-0.2, -0.15) is 0 Å². The van der Waals surface area contributed by atoms with Crippen LogP contribution in [-0.2, 0) is 32.4 Å². The van der Waals surface area contributed by atoms with Crippen molar-refractivity contribution in [1.29, 1.82) is 0 Å². The Morgan fingerprint density at radius 2 is 1.84 bits per heavy atom. The average molecular weight is 366 g/mol. The summed E-state index contributed by atoms with van der Waals surface area (Å²) in [5.41, 5.74) is 1.67. The molecule has 8 heteroatoms. The highest BCUT2D eigenvalue weighted by atomic mass is 32.2. The van der Waals surface area contributed by atoms with E-state index in [1.165, 1.54) is 0 Å². The lowest BCUT2D eigenvalue weighted by atomic mass is 9.95. The molecular formula is C17H22N2O5S. The maximum Gasteiger partial charge on any atom is 0.240 e. The third-order valence-electron chi connectivity index (χ3n) is 5.35. The maximum absolute atomic E-state index is 12.7. The zero-order valence-corrected chi connectivity index (χ0v) is 14.8. The number of rotatable bonds is 4. The number of ether oxygens (including phenoxy) is 1. The van der Waals surface area contributed by atoms with E-state index in [2.05, 4.69) is 4.72 Å². The summed E-state index contributed by atoms with van der Waals surface area (Å²) in [6.45, 7) is 1.48. The molecular weight excluding hydrogens is 344 g/mol. The molecule has 1 saturated heterocycles. The van der Waals surface area contributed by atoms with Gasteiger partial charge in [-0.3, -0.25) is 4.79 Å². The molecule has 136 valence electrons. The van der Waals surface area contributed by atoms with Crippen molar-refractivity contribution in [2.45, 2.75) is 42.6 Å².